The van der Waals surface area contributed by atoms with Crippen LogP contribution in [0, 0.1) is 10.1 Å². The summed E-state index contributed by atoms with van der Waals surface area (Å²) in [7, 11) is -4.07. The molecular formula is C15H9ClN2O5S. The highest BCUT2D eigenvalue weighted by Crippen LogP contribution is 2.32. The van der Waals surface area contributed by atoms with Crippen LogP contribution >= 0.6 is 11.6 Å². The quantitative estimate of drug-likeness (QED) is 0.402. The molecule has 0 aliphatic rings. The summed E-state index contributed by atoms with van der Waals surface area (Å²) in [6.07, 6.45) is 1.46. The second kappa shape index (κ2) is 5.73. The van der Waals surface area contributed by atoms with E-state index in [4.69, 9.17) is 11.6 Å². The molecular weight excluding hydrogens is 356 g/mol. The number of carbonyl (C=O) groups is 1. The highest BCUT2D eigenvalue weighted by Gasteiger charge is 2.25. The molecule has 0 aliphatic carbocycles. The molecule has 0 spiro atoms. The Morgan fingerprint density at radius 3 is 2.50 bits per heavy atom. The van der Waals surface area contributed by atoms with Crippen molar-refractivity contribution >= 4 is 44.5 Å². The van der Waals surface area contributed by atoms with Crippen LogP contribution < -0.4 is 0 Å². The van der Waals surface area contributed by atoms with Gasteiger partial charge in [-0.25, -0.2) is 12.4 Å². The Bertz CT molecular complexity index is 1090. The van der Waals surface area contributed by atoms with Gasteiger partial charge in [-0.1, -0.05) is 23.7 Å². The molecule has 2 aromatic carbocycles. The monoisotopic (exact) mass is 364 g/mol. The van der Waals surface area contributed by atoms with Gasteiger partial charge in [0, 0.05) is 22.8 Å². The van der Waals surface area contributed by atoms with Crippen molar-refractivity contribution in [3.05, 3.63) is 69.4 Å². The van der Waals surface area contributed by atoms with E-state index in [1.807, 2.05) is 0 Å². The second-order valence-corrected chi connectivity index (χ2v) is 7.14. The summed E-state index contributed by atoms with van der Waals surface area (Å²) in [5, 5.41) is 11.4. The van der Waals surface area contributed by atoms with E-state index in [2.05, 4.69) is 0 Å². The van der Waals surface area contributed by atoms with Crippen LogP contribution in [0.1, 0.15) is 10.4 Å². The molecule has 3 aromatic rings. The molecule has 0 unspecified atom stereocenters. The fraction of sp³-hybridized carbons (Fsp3) is 0. The van der Waals surface area contributed by atoms with Crippen molar-refractivity contribution < 1.29 is 18.1 Å². The Morgan fingerprint density at radius 1 is 1.17 bits per heavy atom. The van der Waals surface area contributed by atoms with Gasteiger partial charge in [0.15, 0.2) is 6.29 Å². The molecule has 3 rings (SSSR count). The minimum atomic E-state index is -4.07. The lowest BCUT2D eigenvalue weighted by Crippen LogP contribution is -2.11. The third-order valence-corrected chi connectivity index (χ3v) is 5.38. The molecule has 0 saturated carbocycles. The Morgan fingerprint density at radius 2 is 1.88 bits per heavy atom. The lowest BCUT2D eigenvalue weighted by molar-refractivity contribution is -0.383. The van der Waals surface area contributed by atoms with Gasteiger partial charge in [0.1, 0.15) is 0 Å². The van der Waals surface area contributed by atoms with E-state index in [9.17, 15) is 23.3 Å². The predicted octanol–water partition coefficient (Wildman–Crippen LogP) is 3.25. The van der Waals surface area contributed by atoms with Gasteiger partial charge in [-0.15, -0.1) is 0 Å². The standard InChI is InChI=1S/C15H9ClN2O5S/c16-11-3-1-4-12(7-11)24(22,23)17-8-10(9-19)15-13(17)5-2-6-14(15)18(20)21/h1-9H. The van der Waals surface area contributed by atoms with Crippen LogP contribution in [-0.2, 0) is 10.0 Å². The van der Waals surface area contributed by atoms with Crippen LogP contribution in [0.5, 0.6) is 0 Å². The zero-order valence-electron chi connectivity index (χ0n) is 11.9. The maximum atomic E-state index is 12.8. The number of aldehydes is 1. The molecule has 122 valence electrons. The molecule has 24 heavy (non-hydrogen) atoms. The number of hydrogen-bond acceptors (Lipinski definition) is 5. The fourth-order valence-electron chi connectivity index (χ4n) is 2.45. The molecule has 0 atom stereocenters. The smallest absolute Gasteiger partial charge is 0.279 e. The summed E-state index contributed by atoms with van der Waals surface area (Å²) < 4.78 is 26.5. The summed E-state index contributed by atoms with van der Waals surface area (Å²) in [5.41, 5.74) is -0.371. The first kappa shape index (κ1) is 16.2. The number of nitro benzene ring substituents is 1. The molecule has 0 bridgehead atoms. The van der Waals surface area contributed by atoms with Crippen molar-refractivity contribution in [1.82, 2.24) is 3.97 Å². The minimum Gasteiger partial charge on any atom is -0.298 e. The Balaban J connectivity index is 2.37. The van der Waals surface area contributed by atoms with Gasteiger partial charge in [-0.05, 0) is 24.3 Å². The molecule has 1 aromatic heterocycles. The highest BCUT2D eigenvalue weighted by molar-refractivity contribution is 7.90. The Labute approximate surface area is 141 Å². The third-order valence-electron chi connectivity index (χ3n) is 3.48. The van der Waals surface area contributed by atoms with E-state index in [1.165, 1.54) is 42.5 Å². The molecule has 0 fully saturated rings. The summed E-state index contributed by atoms with van der Waals surface area (Å²) in [6.45, 7) is 0. The maximum Gasteiger partial charge on any atom is 0.279 e. The van der Waals surface area contributed by atoms with Gasteiger partial charge < -0.3 is 0 Å². The van der Waals surface area contributed by atoms with E-state index in [0.29, 0.717) is 6.29 Å². The zero-order valence-corrected chi connectivity index (χ0v) is 13.5. The van der Waals surface area contributed by atoms with Crippen molar-refractivity contribution in [2.75, 3.05) is 0 Å². The number of fused-ring (bicyclic) bond motifs is 1. The van der Waals surface area contributed by atoms with Gasteiger partial charge >= 0.3 is 0 Å². The van der Waals surface area contributed by atoms with Crippen LogP contribution in [0.15, 0.2) is 53.6 Å². The predicted molar refractivity (Wildman–Crippen MR) is 88.0 cm³/mol. The number of benzene rings is 2. The maximum absolute atomic E-state index is 12.8. The second-order valence-electron chi connectivity index (χ2n) is 4.89. The van der Waals surface area contributed by atoms with E-state index >= 15 is 0 Å². The number of carbonyl (C=O) groups excluding carboxylic acids is 1. The molecule has 7 nitrogen and oxygen atoms in total. The van der Waals surface area contributed by atoms with Gasteiger partial charge in [-0.3, -0.25) is 14.9 Å². The fourth-order valence-corrected chi connectivity index (χ4v) is 4.12. The van der Waals surface area contributed by atoms with E-state index in [1.54, 1.807) is 0 Å². The summed E-state index contributed by atoms with van der Waals surface area (Å²) >= 11 is 5.84. The number of hydrogen-bond donors (Lipinski definition) is 0. The number of aromatic nitrogens is 1. The van der Waals surface area contributed by atoms with E-state index in [-0.39, 0.29) is 32.1 Å². The minimum absolute atomic E-state index is 0.0249. The molecule has 1 heterocycles. The molecule has 9 heteroatoms. The van der Waals surface area contributed by atoms with Crippen LogP contribution in [0.4, 0.5) is 5.69 Å². The van der Waals surface area contributed by atoms with E-state index in [0.717, 1.165) is 10.2 Å². The average molecular weight is 365 g/mol. The summed E-state index contributed by atoms with van der Waals surface area (Å²) in [4.78, 5) is 21.7. The number of halogens is 1. The SMILES string of the molecule is O=Cc1cn(S(=O)(=O)c2cccc(Cl)c2)c2cccc([N+](=O)[O-])c12. The topological polar surface area (TPSA) is 99.3 Å². The van der Waals surface area contributed by atoms with Gasteiger partial charge in [-0.2, -0.15) is 0 Å². The van der Waals surface area contributed by atoms with Gasteiger partial charge in [0.2, 0.25) is 0 Å². The first-order chi connectivity index (χ1) is 11.4. The lowest BCUT2D eigenvalue weighted by atomic mass is 10.1. The van der Waals surface area contributed by atoms with Gasteiger partial charge in [0.05, 0.1) is 20.7 Å². The third kappa shape index (κ3) is 2.45. The van der Waals surface area contributed by atoms with Crippen molar-refractivity contribution in [3.8, 4) is 0 Å². The summed E-state index contributed by atoms with van der Waals surface area (Å²) in [6, 6.07) is 9.59. The van der Waals surface area contributed by atoms with Crippen molar-refractivity contribution in [1.29, 1.82) is 0 Å². The van der Waals surface area contributed by atoms with Crippen LogP contribution in [0.25, 0.3) is 10.9 Å². The van der Waals surface area contributed by atoms with Crippen LogP contribution in [-0.4, -0.2) is 23.6 Å². The number of nitrogens with zero attached hydrogens (tertiary/aromatic N) is 2. The zero-order chi connectivity index (χ0) is 17.5. The number of rotatable bonds is 4. The van der Waals surface area contributed by atoms with Crippen molar-refractivity contribution in [2.24, 2.45) is 0 Å². The normalized spacial score (nSPS) is 11.5. The Kier molecular flexibility index (Phi) is 3.86. The first-order valence-corrected chi connectivity index (χ1v) is 8.43. The van der Waals surface area contributed by atoms with Crippen LogP contribution in [0.2, 0.25) is 5.02 Å². The van der Waals surface area contributed by atoms with Crippen molar-refractivity contribution in [3.63, 3.8) is 0 Å². The highest BCUT2D eigenvalue weighted by atomic mass is 35.5. The van der Waals surface area contributed by atoms with E-state index < -0.39 is 14.9 Å². The van der Waals surface area contributed by atoms with Crippen molar-refractivity contribution in [2.45, 2.75) is 4.90 Å². The largest absolute Gasteiger partial charge is 0.298 e. The molecule has 0 radical (unpaired) electrons. The first-order valence-electron chi connectivity index (χ1n) is 6.61. The number of non-ortho nitro benzene ring substituents is 1. The summed E-state index contributed by atoms with van der Waals surface area (Å²) in [5.74, 6) is 0. The average Bonchev–Trinajstić information content (AvgIpc) is 2.94. The molecule has 0 N–H and O–H groups in total. The number of nitro groups is 1. The molecule has 0 amide bonds. The molecule has 0 aliphatic heterocycles. The lowest BCUT2D eigenvalue weighted by Gasteiger charge is -2.07. The molecule has 0 saturated heterocycles. The van der Waals surface area contributed by atoms with Gasteiger partial charge in [0.25, 0.3) is 15.7 Å². The van der Waals surface area contributed by atoms with Crippen LogP contribution in [0.3, 0.4) is 0 Å². The Hall–Kier alpha value is -2.71.